The van der Waals surface area contributed by atoms with Crippen molar-refractivity contribution in [1.82, 2.24) is 5.32 Å². The summed E-state index contributed by atoms with van der Waals surface area (Å²) in [5.74, 6) is -1.04. The van der Waals surface area contributed by atoms with Crippen molar-refractivity contribution < 1.29 is 27.8 Å². The van der Waals surface area contributed by atoms with E-state index in [1.54, 1.807) is 0 Å². The van der Waals surface area contributed by atoms with E-state index in [2.05, 4.69) is 15.4 Å². The molecule has 1 aromatic rings. The molecule has 0 heterocycles. The van der Waals surface area contributed by atoms with Crippen LogP contribution in [0.25, 0.3) is 0 Å². The third-order valence-electron chi connectivity index (χ3n) is 3.65. The van der Waals surface area contributed by atoms with Crippen molar-refractivity contribution in [3.8, 4) is 5.75 Å². The minimum Gasteiger partial charge on any atom is -0.433 e. The molecule has 0 atom stereocenters. The molecule has 0 spiro atoms. The summed E-state index contributed by atoms with van der Waals surface area (Å²) in [6.45, 7) is -3.31. The molecule has 0 saturated heterocycles. The Morgan fingerprint density at radius 3 is 2.64 bits per heavy atom. The number of aliphatic hydroxyl groups is 1. The molecule has 1 aromatic carbocycles. The molecule has 1 aliphatic rings. The van der Waals surface area contributed by atoms with Gasteiger partial charge in [0.2, 0.25) is 0 Å². The fraction of sp³-hybridized carbons (Fsp3) is 0.500. The fourth-order valence-electron chi connectivity index (χ4n) is 2.57. The highest BCUT2D eigenvalue weighted by atomic mass is 19.3. The van der Waals surface area contributed by atoms with E-state index in [0.717, 1.165) is 31.0 Å². The second-order valence-corrected chi connectivity index (χ2v) is 5.24. The molecule has 1 saturated carbocycles. The molecule has 0 aliphatic heterocycles. The SMILES string of the molecule is O=C(Nc1cc(F)ccc1OC(F)F)NC1(CO)CCCC1. The van der Waals surface area contributed by atoms with E-state index in [0.29, 0.717) is 12.8 Å². The summed E-state index contributed by atoms with van der Waals surface area (Å²) in [6, 6.07) is 2.14. The lowest BCUT2D eigenvalue weighted by atomic mass is 9.99. The molecule has 0 aromatic heterocycles. The van der Waals surface area contributed by atoms with E-state index >= 15 is 0 Å². The average Bonchev–Trinajstić information content (AvgIpc) is 2.90. The van der Waals surface area contributed by atoms with Crippen LogP contribution in [0.5, 0.6) is 5.75 Å². The molecule has 0 unspecified atom stereocenters. The molecule has 1 fully saturated rings. The van der Waals surface area contributed by atoms with Gasteiger partial charge in [0, 0.05) is 6.07 Å². The maximum absolute atomic E-state index is 13.2. The number of ether oxygens (including phenoxy) is 1. The Morgan fingerprint density at radius 1 is 1.36 bits per heavy atom. The lowest BCUT2D eigenvalue weighted by Crippen LogP contribution is -2.50. The molecule has 122 valence electrons. The highest BCUT2D eigenvalue weighted by molar-refractivity contribution is 5.91. The van der Waals surface area contributed by atoms with E-state index in [-0.39, 0.29) is 18.0 Å². The van der Waals surface area contributed by atoms with E-state index in [1.165, 1.54) is 0 Å². The normalized spacial score (nSPS) is 16.6. The van der Waals surface area contributed by atoms with Crippen molar-refractivity contribution in [3.63, 3.8) is 0 Å². The van der Waals surface area contributed by atoms with Crippen molar-refractivity contribution in [2.45, 2.75) is 37.8 Å². The molecule has 0 radical (unpaired) electrons. The van der Waals surface area contributed by atoms with E-state index in [4.69, 9.17) is 0 Å². The quantitative estimate of drug-likeness (QED) is 0.782. The van der Waals surface area contributed by atoms with Gasteiger partial charge in [-0.15, -0.1) is 0 Å². The molecular weight excluding hydrogens is 301 g/mol. The Kier molecular flexibility index (Phi) is 5.12. The molecule has 0 bridgehead atoms. The second-order valence-electron chi connectivity index (χ2n) is 5.24. The van der Waals surface area contributed by atoms with Crippen molar-refractivity contribution in [1.29, 1.82) is 0 Å². The second kappa shape index (κ2) is 6.87. The standard InChI is InChI=1S/C14H17F3N2O3/c15-9-3-4-11(22-12(16)17)10(7-9)18-13(21)19-14(8-20)5-1-2-6-14/h3-4,7,12,20H,1-2,5-6,8H2,(H2,18,19,21). The van der Waals surface area contributed by atoms with Crippen LogP contribution < -0.4 is 15.4 Å². The Hall–Kier alpha value is -1.96. The minimum atomic E-state index is -3.09. The zero-order valence-corrected chi connectivity index (χ0v) is 11.7. The first-order chi connectivity index (χ1) is 10.4. The van der Waals surface area contributed by atoms with Gasteiger partial charge in [0.1, 0.15) is 11.6 Å². The number of hydrogen-bond acceptors (Lipinski definition) is 3. The van der Waals surface area contributed by atoms with E-state index < -0.39 is 24.0 Å². The fourth-order valence-corrected chi connectivity index (χ4v) is 2.57. The molecule has 5 nitrogen and oxygen atoms in total. The maximum Gasteiger partial charge on any atom is 0.387 e. The van der Waals surface area contributed by atoms with Crippen molar-refractivity contribution in [3.05, 3.63) is 24.0 Å². The lowest BCUT2D eigenvalue weighted by Gasteiger charge is -2.28. The van der Waals surface area contributed by atoms with Crippen molar-refractivity contribution >= 4 is 11.7 Å². The van der Waals surface area contributed by atoms with Gasteiger partial charge in [0.15, 0.2) is 0 Å². The van der Waals surface area contributed by atoms with Crippen LogP contribution in [0.4, 0.5) is 23.7 Å². The van der Waals surface area contributed by atoms with Gasteiger partial charge in [-0.1, -0.05) is 12.8 Å². The van der Waals surface area contributed by atoms with Gasteiger partial charge in [-0.25, -0.2) is 9.18 Å². The number of amides is 2. The third-order valence-corrected chi connectivity index (χ3v) is 3.65. The predicted molar refractivity (Wildman–Crippen MR) is 73.5 cm³/mol. The van der Waals surface area contributed by atoms with Gasteiger partial charge in [0.25, 0.3) is 0 Å². The summed E-state index contributed by atoms with van der Waals surface area (Å²) >= 11 is 0. The van der Waals surface area contributed by atoms with Crippen LogP contribution in [0, 0.1) is 5.82 Å². The summed E-state index contributed by atoms with van der Waals surface area (Å²) in [6.07, 6.45) is 3.00. The smallest absolute Gasteiger partial charge is 0.387 e. The van der Waals surface area contributed by atoms with Gasteiger partial charge < -0.3 is 20.5 Å². The van der Waals surface area contributed by atoms with Crippen molar-refractivity contribution in [2.24, 2.45) is 0 Å². The van der Waals surface area contributed by atoms with Crippen LogP contribution in [-0.4, -0.2) is 29.9 Å². The first-order valence-corrected chi connectivity index (χ1v) is 6.88. The maximum atomic E-state index is 13.2. The molecule has 2 rings (SSSR count). The number of carbonyl (C=O) groups is 1. The first-order valence-electron chi connectivity index (χ1n) is 6.88. The van der Waals surface area contributed by atoms with Gasteiger partial charge in [-0.3, -0.25) is 0 Å². The van der Waals surface area contributed by atoms with Crippen LogP contribution in [0.3, 0.4) is 0 Å². The molecule has 2 amide bonds. The number of hydrogen-bond donors (Lipinski definition) is 3. The number of anilines is 1. The van der Waals surface area contributed by atoms with Gasteiger partial charge >= 0.3 is 12.6 Å². The Morgan fingerprint density at radius 2 is 2.05 bits per heavy atom. The zero-order chi connectivity index (χ0) is 16.2. The molecule has 3 N–H and O–H groups in total. The molecule has 8 heteroatoms. The number of nitrogens with one attached hydrogen (secondary N) is 2. The first kappa shape index (κ1) is 16.4. The molecule has 1 aliphatic carbocycles. The predicted octanol–water partition coefficient (Wildman–Crippen LogP) is 2.85. The summed E-state index contributed by atoms with van der Waals surface area (Å²) in [5, 5.41) is 14.3. The topological polar surface area (TPSA) is 70.6 Å². The van der Waals surface area contributed by atoms with Gasteiger partial charge in [-0.2, -0.15) is 8.78 Å². The summed E-state index contributed by atoms with van der Waals surface area (Å²) < 4.78 is 42.1. The van der Waals surface area contributed by atoms with E-state index in [9.17, 15) is 23.1 Å². The van der Waals surface area contributed by atoms with E-state index in [1.807, 2.05) is 0 Å². The monoisotopic (exact) mass is 318 g/mol. The Balaban J connectivity index is 2.08. The highest BCUT2D eigenvalue weighted by Crippen LogP contribution is 2.30. The number of urea groups is 1. The van der Waals surface area contributed by atoms with Crippen LogP contribution in [0.15, 0.2) is 18.2 Å². The summed E-state index contributed by atoms with van der Waals surface area (Å²) in [7, 11) is 0. The number of carbonyl (C=O) groups excluding carboxylic acids is 1. The number of benzene rings is 1. The van der Waals surface area contributed by atoms with Crippen molar-refractivity contribution in [2.75, 3.05) is 11.9 Å². The number of aliphatic hydroxyl groups excluding tert-OH is 1. The Bertz CT molecular complexity index is 534. The van der Waals surface area contributed by atoms with Crippen LogP contribution in [0.2, 0.25) is 0 Å². The largest absolute Gasteiger partial charge is 0.433 e. The number of alkyl halides is 2. The van der Waals surface area contributed by atoms with Crippen LogP contribution in [-0.2, 0) is 0 Å². The van der Waals surface area contributed by atoms with Crippen LogP contribution >= 0.6 is 0 Å². The zero-order valence-electron chi connectivity index (χ0n) is 11.7. The molecule has 22 heavy (non-hydrogen) atoms. The lowest BCUT2D eigenvalue weighted by molar-refractivity contribution is -0.0494. The Labute approximate surface area is 125 Å². The minimum absolute atomic E-state index is 0.205. The number of rotatable bonds is 5. The highest BCUT2D eigenvalue weighted by Gasteiger charge is 2.34. The summed E-state index contributed by atoms with van der Waals surface area (Å²) in [4.78, 5) is 12.0. The van der Waals surface area contributed by atoms with Gasteiger partial charge in [0.05, 0.1) is 17.8 Å². The third kappa shape index (κ3) is 4.03. The summed E-state index contributed by atoms with van der Waals surface area (Å²) in [5.41, 5.74) is -0.926. The number of halogens is 3. The average molecular weight is 318 g/mol. The van der Waals surface area contributed by atoms with Gasteiger partial charge in [-0.05, 0) is 25.0 Å². The molecular formula is C14H17F3N2O3. The van der Waals surface area contributed by atoms with Crippen LogP contribution in [0.1, 0.15) is 25.7 Å².